The van der Waals surface area contributed by atoms with E-state index in [9.17, 15) is 13.2 Å². The summed E-state index contributed by atoms with van der Waals surface area (Å²) in [5.74, 6) is 0.795. The monoisotopic (exact) mass is 346 g/mol. The van der Waals surface area contributed by atoms with Gasteiger partial charge in [-0.15, -0.1) is 11.3 Å². The Labute approximate surface area is 135 Å². The number of hydrogen-bond donors (Lipinski definition) is 0. The summed E-state index contributed by atoms with van der Waals surface area (Å²) in [7, 11) is -1.37. The van der Waals surface area contributed by atoms with E-state index in [1.165, 1.54) is 17.6 Å². The summed E-state index contributed by atoms with van der Waals surface area (Å²) < 4.78 is 27.7. The van der Waals surface area contributed by atoms with Crippen molar-refractivity contribution in [1.82, 2.24) is 9.80 Å². The molecule has 1 amide bonds. The van der Waals surface area contributed by atoms with Crippen LogP contribution in [0.1, 0.15) is 14.5 Å². The Morgan fingerprint density at radius 3 is 2.50 bits per heavy atom. The zero-order valence-corrected chi connectivity index (χ0v) is 14.8. The second-order valence-electron chi connectivity index (χ2n) is 5.52. The third-order valence-corrected chi connectivity index (χ3v) is 5.62. The van der Waals surface area contributed by atoms with Gasteiger partial charge in [-0.05, 0) is 13.0 Å². The molecular formula is C14H22N2O4S2. The van der Waals surface area contributed by atoms with Crippen molar-refractivity contribution in [2.45, 2.75) is 6.92 Å². The van der Waals surface area contributed by atoms with Crippen LogP contribution in [0.3, 0.4) is 0 Å². The van der Waals surface area contributed by atoms with Crippen LogP contribution in [-0.2, 0) is 9.84 Å². The molecule has 22 heavy (non-hydrogen) atoms. The molecule has 0 radical (unpaired) electrons. The molecule has 8 heteroatoms. The van der Waals surface area contributed by atoms with E-state index in [1.54, 1.807) is 7.11 Å². The normalized spacial score (nSPS) is 16.8. The molecule has 0 spiro atoms. The maximum atomic E-state index is 12.6. The molecule has 0 aliphatic carbocycles. The van der Waals surface area contributed by atoms with Crippen LogP contribution in [0.25, 0.3) is 0 Å². The molecular weight excluding hydrogens is 324 g/mol. The fourth-order valence-corrected chi connectivity index (χ4v) is 3.94. The van der Waals surface area contributed by atoms with Crippen LogP contribution in [0.2, 0.25) is 0 Å². The third kappa shape index (κ3) is 4.44. The summed E-state index contributed by atoms with van der Waals surface area (Å²) in [5.41, 5.74) is 0. The van der Waals surface area contributed by atoms with Crippen LogP contribution in [0.4, 0.5) is 0 Å². The van der Waals surface area contributed by atoms with E-state index in [2.05, 4.69) is 4.90 Å². The Morgan fingerprint density at radius 2 is 1.95 bits per heavy atom. The van der Waals surface area contributed by atoms with Gasteiger partial charge in [0.15, 0.2) is 0 Å². The van der Waals surface area contributed by atoms with Gasteiger partial charge < -0.3 is 9.64 Å². The van der Waals surface area contributed by atoms with Crippen LogP contribution in [0, 0.1) is 6.92 Å². The first-order valence-corrected chi connectivity index (χ1v) is 10.0. The minimum atomic E-state index is -2.94. The first kappa shape index (κ1) is 17.2. The number of rotatable bonds is 5. The molecule has 0 saturated carbocycles. The molecule has 0 atom stereocenters. The summed E-state index contributed by atoms with van der Waals surface area (Å²) in [5, 5.41) is 0. The Hall–Kier alpha value is -1.12. The van der Waals surface area contributed by atoms with E-state index in [-0.39, 0.29) is 11.7 Å². The third-order valence-electron chi connectivity index (χ3n) is 3.67. The number of sulfone groups is 1. The average molecular weight is 346 g/mol. The van der Waals surface area contributed by atoms with Crippen molar-refractivity contribution in [1.29, 1.82) is 0 Å². The molecule has 6 nitrogen and oxygen atoms in total. The maximum Gasteiger partial charge on any atom is 0.267 e. The van der Waals surface area contributed by atoms with Gasteiger partial charge in [0.2, 0.25) is 0 Å². The number of carbonyl (C=O) groups is 1. The minimum Gasteiger partial charge on any atom is -0.495 e. The summed E-state index contributed by atoms with van der Waals surface area (Å²) in [6, 6.07) is 1.88. The molecule has 124 valence electrons. The largest absolute Gasteiger partial charge is 0.495 e. The summed E-state index contributed by atoms with van der Waals surface area (Å²) in [6.07, 6.45) is 1.25. The zero-order valence-electron chi connectivity index (χ0n) is 13.2. The van der Waals surface area contributed by atoms with E-state index >= 15 is 0 Å². The fourth-order valence-electron chi connectivity index (χ4n) is 2.40. The van der Waals surface area contributed by atoms with Gasteiger partial charge in [-0.3, -0.25) is 9.69 Å². The molecule has 1 aromatic rings. The zero-order chi connectivity index (χ0) is 16.3. The highest BCUT2D eigenvalue weighted by Crippen LogP contribution is 2.30. The van der Waals surface area contributed by atoms with Crippen LogP contribution < -0.4 is 4.74 Å². The Bertz CT molecular complexity index is 631. The number of piperazine rings is 1. The van der Waals surface area contributed by atoms with E-state index in [4.69, 9.17) is 4.74 Å². The molecule has 2 rings (SSSR count). The van der Waals surface area contributed by atoms with E-state index in [0.717, 1.165) is 4.88 Å². The van der Waals surface area contributed by atoms with Crippen LogP contribution in [-0.4, -0.2) is 76.0 Å². The topological polar surface area (TPSA) is 66.9 Å². The minimum absolute atomic E-state index is 0.00212. The maximum absolute atomic E-state index is 12.6. The number of hydrogen-bond acceptors (Lipinski definition) is 6. The SMILES string of the molecule is COc1cc(C)sc1C(=O)N1CCN(CCS(C)(=O)=O)CC1. The van der Waals surface area contributed by atoms with E-state index < -0.39 is 9.84 Å². The number of amides is 1. The summed E-state index contributed by atoms with van der Waals surface area (Å²) in [6.45, 7) is 5.11. The Morgan fingerprint density at radius 1 is 1.32 bits per heavy atom. The van der Waals surface area contributed by atoms with Gasteiger partial charge in [0.25, 0.3) is 5.91 Å². The predicted octanol–water partition coefficient (Wildman–Crippen LogP) is 0.868. The first-order valence-electron chi connectivity index (χ1n) is 7.14. The van der Waals surface area contributed by atoms with Crippen molar-refractivity contribution in [3.05, 3.63) is 15.8 Å². The smallest absolute Gasteiger partial charge is 0.267 e. The lowest BCUT2D eigenvalue weighted by Crippen LogP contribution is -2.49. The number of ether oxygens (including phenoxy) is 1. The molecule has 1 saturated heterocycles. The molecule has 0 unspecified atom stereocenters. The van der Waals surface area contributed by atoms with Gasteiger partial charge in [-0.1, -0.05) is 0 Å². The highest BCUT2D eigenvalue weighted by atomic mass is 32.2. The van der Waals surface area contributed by atoms with Gasteiger partial charge in [0, 0.05) is 43.9 Å². The summed E-state index contributed by atoms with van der Waals surface area (Å²) >= 11 is 1.45. The van der Waals surface area contributed by atoms with Crippen molar-refractivity contribution < 1.29 is 17.9 Å². The average Bonchev–Trinajstić information content (AvgIpc) is 2.85. The molecule has 1 aliphatic heterocycles. The Balaban J connectivity index is 1.92. The van der Waals surface area contributed by atoms with Crippen LogP contribution >= 0.6 is 11.3 Å². The lowest BCUT2D eigenvalue weighted by molar-refractivity contribution is 0.0646. The quantitative estimate of drug-likeness (QED) is 0.791. The molecule has 0 N–H and O–H groups in total. The second kappa shape index (κ2) is 6.97. The number of carbonyl (C=O) groups excluding carboxylic acids is 1. The number of nitrogens with zero attached hydrogens (tertiary/aromatic N) is 2. The van der Waals surface area contributed by atoms with Crippen molar-refractivity contribution in [2.24, 2.45) is 0 Å². The van der Waals surface area contributed by atoms with Crippen LogP contribution in [0.5, 0.6) is 5.75 Å². The predicted molar refractivity (Wildman–Crippen MR) is 87.7 cm³/mol. The lowest BCUT2D eigenvalue weighted by atomic mass is 10.3. The van der Waals surface area contributed by atoms with Gasteiger partial charge in [0.1, 0.15) is 20.5 Å². The van der Waals surface area contributed by atoms with Crippen molar-refractivity contribution >= 4 is 27.1 Å². The number of aryl methyl sites for hydroxylation is 1. The Kier molecular flexibility index (Phi) is 5.46. The standard InChI is InChI=1S/C14H22N2O4S2/c1-11-10-12(20-2)13(21-11)14(17)16-6-4-15(5-7-16)8-9-22(3,18)19/h10H,4-9H2,1-3H3. The van der Waals surface area contributed by atoms with Gasteiger partial charge in [-0.2, -0.15) is 0 Å². The molecule has 2 heterocycles. The lowest BCUT2D eigenvalue weighted by Gasteiger charge is -2.34. The van der Waals surface area contributed by atoms with E-state index in [1.807, 2.05) is 17.9 Å². The highest BCUT2D eigenvalue weighted by molar-refractivity contribution is 7.90. The van der Waals surface area contributed by atoms with Gasteiger partial charge >= 0.3 is 0 Å². The highest BCUT2D eigenvalue weighted by Gasteiger charge is 2.26. The number of methoxy groups -OCH3 is 1. The fraction of sp³-hybridized carbons (Fsp3) is 0.643. The molecule has 0 aromatic carbocycles. The van der Waals surface area contributed by atoms with Crippen molar-refractivity contribution in [2.75, 3.05) is 51.8 Å². The molecule has 1 fully saturated rings. The first-order chi connectivity index (χ1) is 10.3. The van der Waals surface area contributed by atoms with Gasteiger partial charge in [-0.25, -0.2) is 8.42 Å². The summed E-state index contributed by atoms with van der Waals surface area (Å²) in [4.78, 5) is 18.1. The van der Waals surface area contributed by atoms with Crippen molar-refractivity contribution in [3.8, 4) is 5.75 Å². The molecule has 1 aliphatic rings. The van der Waals surface area contributed by atoms with Crippen LogP contribution in [0.15, 0.2) is 6.07 Å². The van der Waals surface area contributed by atoms with Gasteiger partial charge in [0.05, 0.1) is 12.9 Å². The van der Waals surface area contributed by atoms with Crippen molar-refractivity contribution in [3.63, 3.8) is 0 Å². The number of thiophene rings is 1. The second-order valence-corrected chi connectivity index (χ2v) is 9.03. The van der Waals surface area contributed by atoms with E-state index in [0.29, 0.717) is 43.4 Å². The molecule has 1 aromatic heterocycles. The molecule has 0 bridgehead atoms.